The van der Waals surface area contributed by atoms with Gasteiger partial charge in [0.1, 0.15) is 13.2 Å². The smallest absolute Gasteiger partial charge is 0.306 e. The molecule has 0 saturated heterocycles. The Hall–Kier alpha value is -1.59. The van der Waals surface area contributed by atoms with Gasteiger partial charge in [0.05, 0.1) is 0 Å². The molecule has 0 radical (unpaired) electrons. The van der Waals surface area contributed by atoms with E-state index in [-0.39, 0.29) is 31.1 Å². The van der Waals surface area contributed by atoms with Gasteiger partial charge in [0.25, 0.3) is 0 Å². The highest BCUT2D eigenvalue weighted by molar-refractivity contribution is 5.71. The van der Waals surface area contributed by atoms with Crippen LogP contribution < -0.4 is 0 Å². The third kappa shape index (κ3) is 37.7. The molecule has 0 aliphatic rings. The van der Waals surface area contributed by atoms with E-state index >= 15 is 0 Å². The van der Waals surface area contributed by atoms with Crippen molar-refractivity contribution in [2.75, 3.05) is 13.2 Å². The number of esters is 3. The highest BCUT2D eigenvalue weighted by Crippen LogP contribution is 2.16. The number of carbonyl (C=O) groups is 3. The van der Waals surface area contributed by atoms with Gasteiger partial charge < -0.3 is 14.2 Å². The second-order valence-corrected chi connectivity index (χ2v) is 15.9. The van der Waals surface area contributed by atoms with Gasteiger partial charge in [-0.15, -0.1) is 0 Å². The van der Waals surface area contributed by atoms with Crippen LogP contribution in [0.5, 0.6) is 0 Å². The lowest BCUT2D eigenvalue weighted by Crippen LogP contribution is -2.30. The van der Waals surface area contributed by atoms with Gasteiger partial charge in [0, 0.05) is 19.3 Å². The zero-order valence-corrected chi connectivity index (χ0v) is 34.0. The van der Waals surface area contributed by atoms with Crippen LogP contribution in [0.4, 0.5) is 0 Å². The van der Waals surface area contributed by atoms with Gasteiger partial charge in [-0.2, -0.15) is 0 Å². The largest absolute Gasteiger partial charge is 0.462 e. The van der Waals surface area contributed by atoms with Crippen LogP contribution in [0.2, 0.25) is 0 Å². The van der Waals surface area contributed by atoms with E-state index in [9.17, 15) is 14.4 Å². The first-order chi connectivity index (χ1) is 24.2. The van der Waals surface area contributed by atoms with E-state index in [4.69, 9.17) is 14.2 Å². The average molecular weight is 709 g/mol. The minimum Gasteiger partial charge on any atom is -0.462 e. The van der Waals surface area contributed by atoms with Crippen LogP contribution in [0, 0.1) is 11.8 Å². The molecule has 0 aliphatic heterocycles. The van der Waals surface area contributed by atoms with Crippen molar-refractivity contribution in [2.45, 2.75) is 240 Å². The predicted octanol–water partition coefficient (Wildman–Crippen LogP) is 13.4. The van der Waals surface area contributed by atoms with E-state index < -0.39 is 6.10 Å². The molecule has 0 saturated carbocycles. The van der Waals surface area contributed by atoms with Crippen molar-refractivity contribution < 1.29 is 28.6 Å². The monoisotopic (exact) mass is 709 g/mol. The summed E-state index contributed by atoms with van der Waals surface area (Å²) in [6.45, 7) is 11.2. The Balaban J connectivity index is 4.32. The molecule has 0 amide bonds. The molecule has 0 aliphatic carbocycles. The van der Waals surface area contributed by atoms with Gasteiger partial charge in [-0.1, -0.05) is 195 Å². The van der Waals surface area contributed by atoms with Crippen molar-refractivity contribution in [1.82, 2.24) is 0 Å². The van der Waals surface area contributed by atoms with Crippen LogP contribution in [0.15, 0.2) is 0 Å². The summed E-state index contributed by atoms with van der Waals surface area (Å²) < 4.78 is 16.6. The summed E-state index contributed by atoms with van der Waals surface area (Å²) >= 11 is 0. The molecule has 0 aromatic rings. The Bertz CT molecular complexity index is 764. The predicted molar refractivity (Wildman–Crippen MR) is 210 cm³/mol. The number of unbranched alkanes of at least 4 members (excludes halogenated alkanes) is 23. The first kappa shape index (κ1) is 48.4. The number of ether oxygens (including phenoxy) is 3. The molecule has 1 atom stereocenters. The zero-order valence-electron chi connectivity index (χ0n) is 34.0. The van der Waals surface area contributed by atoms with Gasteiger partial charge in [-0.3, -0.25) is 14.4 Å². The number of hydrogen-bond donors (Lipinski definition) is 0. The van der Waals surface area contributed by atoms with Gasteiger partial charge in [0.2, 0.25) is 0 Å². The molecule has 6 nitrogen and oxygen atoms in total. The van der Waals surface area contributed by atoms with E-state index in [1.54, 1.807) is 0 Å². The summed E-state index contributed by atoms with van der Waals surface area (Å²) in [6, 6.07) is 0. The molecular weight excluding hydrogens is 624 g/mol. The van der Waals surface area contributed by atoms with E-state index in [0.717, 1.165) is 69.6 Å². The van der Waals surface area contributed by atoms with Crippen LogP contribution in [0.1, 0.15) is 234 Å². The lowest BCUT2D eigenvalue weighted by molar-refractivity contribution is -0.167. The Morgan fingerprint density at radius 1 is 0.380 bits per heavy atom. The number of carbonyl (C=O) groups excluding carboxylic acids is 3. The summed E-state index contributed by atoms with van der Waals surface area (Å²) in [5.74, 6) is 0.735. The fourth-order valence-corrected chi connectivity index (χ4v) is 6.40. The van der Waals surface area contributed by atoms with Crippen molar-refractivity contribution in [3.63, 3.8) is 0 Å². The summed E-state index contributed by atoms with van der Waals surface area (Å²) in [4.78, 5) is 37.5. The molecule has 0 rings (SSSR count). The van der Waals surface area contributed by atoms with Crippen LogP contribution in [0.3, 0.4) is 0 Å². The third-order valence-electron chi connectivity index (χ3n) is 9.72. The second-order valence-electron chi connectivity index (χ2n) is 15.9. The first-order valence-corrected chi connectivity index (χ1v) is 21.7. The average Bonchev–Trinajstić information content (AvgIpc) is 3.08. The van der Waals surface area contributed by atoms with Gasteiger partial charge in [-0.25, -0.2) is 0 Å². The van der Waals surface area contributed by atoms with Crippen LogP contribution in [0.25, 0.3) is 0 Å². The molecule has 296 valence electrons. The Morgan fingerprint density at radius 3 is 0.980 bits per heavy atom. The second kappa shape index (κ2) is 37.2. The number of hydrogen-bond acceptors (Lipinski definition) is 6. The van der Waals surface area contributed by atoms with E-state index in [1.165, 1.54) is 122 Å². The molecule has 0 aromatic carbocycles. The van der Waals surface area contributed by atoms with Crippen molar-refractivity contribution in [2.24, 2.45) is 11.8 Å². The van der Waals surface area contributed by atoms with E-state index in [0.29, 0.717) is 19.3 Å². The van der Waals surface area contributed by atoms with Crippen LogP contribution in [-0.2, 0) is 28.6 Å². The quantitative estimate of drug-likeness (QED) is 0.0361. The van der Waals surface area contributed by atoms with Gasteiger partial charge in [0.15, 0.2) is 6.10 Å². The van der Waals surface area contributed by atoms with Crippen molar-refractivity contribution in [3.05, 3.63) is 0 Å². The maximum absolute atomic E-state index is 12.6. The Labute approximate surface area is 310 Å². The summed E-state index contributed by atoms with van der Waals surface area (Å²) in [5, 5.41) is 0. The molecule has 0 unspecified atom stereocenters. The van der Waals surface area contributed by atoms with Crippen LogP contribution >= 0.6 is 0 Å². The minimum atomic E-state index is -0.759. The first-order valence-electron chi connectivity index (χ1n) is 21.7. The SMILES string of the molecule is CCCCCCCCCCCC(=O)O[C@H](COC(=O)CCCCCCCCCCCCC(C)C)COC(=O)CCCCCCCCCC(C)C. The van der Waals surface area contributed by atoms with Crippen LogP contribution in [-0.4, -0.2) is 37.2 Å². The molecule has 0 N–H and O–H groups in total. The lowest BCUT2D eigenvalue weighted by Gasteiger charge is -2.18. The Kier molecular flexibility index (Phi) is 36.0. The summed E-state index contributed by atoms with van der Waals surface area (Å²) in [5.41, 5.74) is 0. The van der Waals surface area contributed by atoms with Crippen molar-refractivity contribution in [1.29, 1.82) is 0 Å². The molecule has 0 heterocycles. The van der Waals surface area contributed by atoms with Gasteiger partial charge in [-0.05, 0) is 31.1 Å². The molecule has 0 bridgehead atoms. The highest BCUT2D eigenvalue weighted by Gasteiger charge is 2.19. The number of rotatable bonds is 38. The summed E-state index contributed by atoms with van der Waals surface area (Å²) in [6.07, 6.45) is 33.8. The normalized spacial score (nSPS) is 12.1. The highest BCUT2D eigenvalue weighted by atomic mass is 16.6. The maximum Gasteiger partial charge on any atom is 0.306 e. The maximum atomic E-state index is 12.6. The molecule has 0 fully saturated rings. The molecule has 50 heavy (non-hydrogen) atoms. The van der Waals surface area contributed by atoms with Crippen molar-refractivity contribution in [3.8, 4) is 0 Å². The molecule has 6 heteroatoms. The zero-order chi connectivity index (χ0) is 36.9. The topological polar surface area (TPSA) is 78.9 Å². The fraction of sp³-hybridized carbons (Fsp3) is 0.932. The Morgan fingerprint density at radius 2 is 0.660 bits per heavy atom. The van der Waals surface area contributed by atoms with Crippen molar-refractivity contribution >= 4 is 17.9 Å². The summed E-state index contributed by atoms with van der Waals surface area (Å²) in [7, 11) is 0. The third-order valence-corrected chi connectivity index (χ3v) is 9.72. The fourth-order valence-electron chi connectivity index (χ4n) is 6.40. The van der Waals surface area contributed by atoms with E-state index in [2.05, 4.69) is 34.6 Å². The molecule has 0 aromatic heterocycles. The lowest BCUT2D eigenvalue weighted by atomic mass is 10.0. The molecule has 0 spiro atoms. The van der Waals surface area contributed by atoms with E-state index in [1.807, 2.05) is 0 Å². The standard InChI is InChI=1S/C44H84O6/c1-6-7-8-9-10-13-20-26-31-36-44(47)50-41(38-49-43(46)35-30-25-21-16-18-23-28-33-40(4)5)37-48-42(45)34-29-24-19-15-12-11-14-17-22-27-32-39(2)3/h39-41H,6-38H2,1-5H3/t41-/m1/s1. The minimum absolute atomic E-state index is 0.0659. The molecular formula is C44H84O6. The van der Waals surface area contributed by atoms with Gasteiger partial charge >= 0.3 is 17.9 Å².